The molecule has 116 valence electrons. The summed E-state index contributed by atoms with van der Waals surface area (Å²) in [7, 11) is 0. The van der Waals surface area contributed by atoms with Crippen molar-refractivity contribution < 1.29 is 5.11 Å². The van der Waals surface area contributed by atoms with Gasteiger partial charge in [-0.05, 0) is 62.1 Å². The van der Waals surface area contributed by atoms with Gasteiger partial charge in [0.15, 0.2) is 0 Å². The number of hydrogen-bond acceptors (Lipinski definition) is 4. The molecule has 1 saturated heterocycles. The molecular weight excluding hydrogens is 274 g/mol. The monoisotopic (exact) mass is 297 g/mol. The van der Waals surface area contributed by atoms with Crippen LogP contribution in [0.25, 0.3) is 0 Å². The molecule has 4 heteroatoms. The molecule has 0 saturated carbocycles. The lowest BCUT2D eigenvalue weighted by Gasteiger charge is -2.39. The quantitative estimate of drug-likeness (QED) is 0.837. The smallest absolute Gasteiger partial charge is 0.129 e. The van der Waals surface area contributed by atoms with Gasteiger partial charge < -0.3 is 15.7 Å². The molecule has 1 aromatic heterocycles. The van der Waals surface area contributed by atoms with Crippen molar-refractivity contribution in [3.63, 3.8) is 0 Å². The van der Waals surface area contributed by atoms with Gasteiger partial charge in [-0.15, -0.1) is 0 Å². The molecule has 0 radical (unpaired) electrons. The number of benzene rings is 1. The Balaban J connectivity index is 1.75. The van der Waals surface area contributed by atoms with Gasteiger partial charge >= 0.3 is 0 Å². The molecule has 0 unspecified atom stereocenters. The van der Waals surface area contributed by atoms with Gasteiger partial charge in [-0.3, -0.25) is 0 Å². The first-order valence-electron chi connectivity index (χ1n) is 7.75. The number of hydrogen-bond donors (Lipinski definition) is 2. The second-order valence-electron chi connectivity index (χ2n) is 6.28. The van der Waals surface area contributed by atoms with E-state index in [9.17, 15) is 5.11 Å². The molecule has 0 amide bonds. The van der Waals surface area contributed by atoms with Gasteiger partial charge in [0, 0.05) is 24.5 Å². The molecule has 1 aromatic carbocycles. The van der Waals surface area contributed by atoms with Crippen molar-refractivity contribution in [3.05, 3.63) is 53.2 Å². The fourth-order valence-electron chi connectivity index (χ4n) is 3.17. The maximum Gasteiger partial charge on any atom is 0.129 e. The maximum atomic E-state index is 10.9. The minimum atomic E-state index is -0.761. The van der Waals surface area contributed by atoms with Crippen molar-refractivity contribution in [2.45, 2.75) is 32.3 Å². The standard InChI is InChI=1S/C18H23N3O/c1-13-11-14(2)20-17(12-13)21-9-7-18(22,8-10-21)15-3-5-16(19)6-4-15/h3-6,11-12,22H,7-10,19H2,1-2H3. The van der Waals surface area contributed by atoms with E-state index in [4.69, 9.17) is 5.73 Å². The minimum absolute atomic E-state index is 0.700. The van der Waals surface area contributed by atoms with Gasteiger partial charge in [-0.1, -0.05) is 12.1 Å². The summed E-state index contributed by atoms with van der Waals surface area (Å²) in [4.78, 5) is 6.87. The molecule has 1 aliphatic heterocycles. The van der Waals surface area contributed by atoms with Crippen LogP contribution in [0.3, 0.4) is 0 Å². The van der Waals surface area contributed by atoms with Crippen LogP contribution in [-0.4, -0.2) is 23.2 Å². The second-order valence-corrected chi connectivity index (χ2v) is 6.28. The van der Waals surface area contributed by atoms with E-state index in [0.717, 1.165) is 35.9 Å². The third kappa shape index (κ3) is 2.92. The van der Waals surface area contributed by atoms with E-state index in [2.05, 4.69) is 28.9 Å². The highest BCUT2D eigenvalue weighted by Gasteiger charge is 2.34. The summed E-state index contributed by atoms with van der Waals surface area (Å²) in [6.07, 6.45) is 1.40. The maximum absolute atomic E-state index is 10.9. The molecule has 0 bridgehead atoms. The normalized spacial score (nSPS) is 17.5. The summed E-state index contributed by atoms with van der Waals surface area (Å²) in [5.41, 5.74) is 8.91. The van der Waals surface area contributed by atoms with E-state index in [-0.39, 0.29) is 0 Å². The van der Waals surface area contributed by atoms with Crippen LogP contribution in [0.5, 0.6) is 0 Å². The van der Waals surface area contributed by atoms with Crippen LogP contribution in [0.2, 0.25) is 0 Å². The van der Waals surface area contributed by atoms with Crippen LogP contribution in [0, 0.1) is 13.8 Å². The van der Waals surface area contributed by atoms with E-state index in [1.807, 2.05) is 31.2 Å². The highest BCUT2D eigenvalue weighted by molar-refractivity contribution is 5.45. The number of nitrogens with zero attached hydrogens (tertiary/aromatic N) is 2. The molecule has 3 rings (SSSR count). The number of anilines is 2. The molecule has 22 heavy (non-hydrogen) atoms. The summed E-state index contributed by atoms with van der Waals surface area (Å²) < 4.78 is 0. The fourth-order valence-corrected chi connectivity index (χ4v) is 3.17. The molecule has 3 N–H and O–H groups in total. The van der Waals surface area contributed by atoms with Crippen molar-refractivity contribution in [3.8, 4) is 0 Å². The van der Waals surface area contributed by atoms with Gasteiger partial charge in [0.2, 0.25) is 0 Å². The Morgan fingerprint density at radius 1 is 1.09 bits per heavy atom. The van der Waals surface area contributed by atoms with Crippen molar-refractivity contribution in [2.75, 3.05) is 23.7 Å². The molecule has 0 atom stereocenters. The van der Waals surface area contributed by atoms with Gasteiger partial charge in [-0.2, -0.15) is 0 Å². The largest absolute Gasteiger partial charge is 0.399 e. The van der Waals surface area contributed by atoms with E-state index >= 15 is 0 Å². The number of piperidine rings is 1. The van der Waals surface area contributed by atoms with E-state index < -0.39 is 5.60 Å². The Morgan fingerprint density at radius 3 is 2.32 bits per heavy atom. The van der Waals surface area contributed by atoms with Crippen LogP contribution in [0.4, 0.5) is 11.5 Å². The summed E-state index contributed by atoms with van der Waals surface area (Å²) in [5.74, 6) is 1.01. The van der Waals surface area contributed by atoms with Crippen LogP contribution in [-0.2, 0) is 5.60 Å². The number of nitrogens with two attached hydrogens (primary N) is 1. The first-order chi connectivity index (χ1) is 10.5. The van der Waals surface area contributed by atoms with Gasteiger partial charge in [0.1, 0.15) is 5.82 Å². The number of pyridine rings is 1. The number of aryl methyl sites for hydroxylation is 2. The number of nitrogen functional groups attached to an aromatic ring is 1. The van der Waals surface area contributed by atoms with Crippen LogP contribution in [0.15, 0.2) is 36.4 Å². The average molecular weight is 297 g/mol. The molecule has 0 aliphatic carbocycles. The predicted molar refractivity (Wildman–Crippen MR) is 89.9 cm³/mol. The molecule has 2 aromatic rings. The molecule has 4 nitrogen and oxygen atoms in total. The third-order valence-electron chi connectivity index (χ3n) is 4.45. The van der Waals surface area contributed by atoms with E-state index in [1.54, 1.807) is 0 Å². The van der Waals surface area contributed by atoms with Crippen molar-refractivity contribution in [2.24, 2.45) is 0 Å². The van der Waals surface area contributed by atoms with Crippen LogP contribution in [0.1, 0.15) is 29.7 Å². The summed E-state index contributed by atoms with van der Waals surface area (Å²) >= 11 is 0. The van der Waals surface area contributed by atoms with Crippen molar-refractivity contribution in [1.29, 1.82) is 0 Å². The Bertz CT molecular complexity index is 638. The average Bonchev–Trinajstić information content (AvgIpc) is 2.47. The molecule has 0 spiro atoms. The number of aliphatic hydroxyl groups is 1. The minimum Gasteiger partial charge on any atom is -0.399 e. The van der Waals surface area contributed by atoms with Gasteiger partial charge in [0.05, 0.1) is 5.60 Å². The van der Waals surface area contributed by atoms with E-state index in [0.29, 0.717) is 12.8 Å². The number of aromatic nitrogens is 1. The fraction of sp³-hybridized carbons (Fsp3) is 0.389. The summed E-state index contributed by atoms with van der Waals surface area (Å²) in [6.45, 7) is 5.71. The molecule has 1 aliphatic rings. The lowest BCUT2D eigenvalue weighted by Crippen LogP contribution is -2.43. The Kier molecular flexibility index (Phi) is 3.79. The SMILES string of the molecule is Cc1cc(C)nc(N2CCC(O)(c3ccc(N)cc3)CC2)c1. The molecule has 2 heterocycles. The highest BCUT2D eigenvalue weighted by Crippen LogP contribution is 2.34. The summed E-state index contributed by atoms with van der Waals surface area (Å²) in [5, 5.41) is 10.9. The van der Waals surface area contributed by atoms with Gasteiger partial charge in [0.25, 0.3) is 0 Å². The highest BCUT2D eigenvalue weighted by atomic mass is 16.3. The Labute approximate surface area is 131 Å². The first-order valence-corrected chi connectivity index (χ1v) is 7.75. The zero-order chi connectivity index (χ0) is 15.7. The molecular formula is C18H23N3O. The van der Waals surface area contributed by atoms with Crippen molar-refractivity contribution in [1.82, 2.24) is 4.98 Å². The van der Waals surface area contributed by atoms with E-state index in [1.165, 1.54) is 5.56 Å². The third-order valence-corrected chi connectivity index (χ3v) is 4.45. The van der Waals surface area contributed by atoms with Gasteiger partial charge in [-0.25, -0.2) is 4.98 Å². The zero-order valence-electron chi connectivity index (χ0n) is 13.2. The summed E-state index contributed by atoms with van der Waals surface area (Å²) in [6, 6.07) is 11.8. The topological polar surface area (TPSA) is 62.4 Å². The Morgan fingerprint density at radius 2 is 1.73 bits per heavy atom. The number of rotatable bonds is 2. The second kappa shape index (κ2) is 5.61. The lowest BCUT2D eigenvalue weighted by molar-refractivity contribution is 0.0117. The lowest BCUT2D eigenvalue weighted by atomic mass is 9.84. The molecule has 1 fully saturated rings. The first kappa shape index (κ1) is 14.9. The zero-order valence-corrected chi connectivity index (χ0v) is 13.2. The van der Waals surface area contributed by atoms with Crippen LogP contribution >= 0.6 is 0 Å². The van der Waals surface area contributed by atoms with Crippen LogP contribution < -0.4 is 10.6 Å². The predicted octanol–water partition coefficient (Wildman–Crippen LogP) is 2.77. The van der Waals surface area contributed by atoms with Crippen molar-refractivity contribution >= 4 is 11.5 Å². The Hall–Kier alpha value is -2.07.